The van der Waals surface area contributed by atoms with E-state index in [4.69, 9.17) is 16.7 Å². The Kier molecular flexibility index (Phi) is 4.09. The minimum Gasteiger partial charge on any atom is -0.477 e. The number of carboxylic acids is 1. The smallest absolute Gasteiger partial charge is 0.349 e. The van der Waals surface area contributed by atoms with E-state index in [0.29, 0.717) is 11.2 Å². The molecule has 1 aliphatic rings. The van der Waals surface area contributed by atoms with Crippen molar-refractivity contribution in [1.29, 1.82) is 0 Å². The van der Waals surface area contributed by atoms with Gasteiger partial charge in [0.1, 0.15) is 0 Å². The molecule has 100 valence electrons. The van der Waals surface area contributed by atoms with Crippen LogP contribution in [0.5, 0.6) is 0 Å². The summed E-state index contributed by atoms with van der Waals surface area (Å²) in [6, 6.07) is 0.407. The molecular formula is C11H16ClN3O2S. The van der Waals surface area contributed by atoms with E-state index in [-0.39, 0.29) is 10.0 Å². The van der Waals surface area contributed by atoms with Crippen LogP contribution in [-0.4, -0.2) is 54.2 Å². The topological polar surface area (TPSA) is 56.7 Å². The first-order chi connectivity index (χ1) is 8.49. The molecule has 0 amide bonds. The normalized spacial score (nSPS) is 17.9. The second kappa shape index (κ2) is 5.42. The van der Waals surface area contributed by atoms with E-state index in [1.54, 1.807) is 0 Å². The van der Waals surface area contributed by atoms with Gasteiger partial charge in [-0.3, -0.25) is 0 Å². The van der Waals surface area contributed by atoms with Gasteiger partial charge in [0.15, 0.2) is 15.2 Å². The molecule has 2 heterocycles. The highest BCUT2D eigenvalue weighted by Gasteiger charge is 2.25. The third kappa shape index (κ3) is 2.76. The van der Waals surface area contributed by atoms with Gasteiger partial charge in [0.05, 0.1) is 0 Å². The number of thiazole rings is 1. The van der Waals surface area contributed by atoms with Gasteiger partial charge in [-0.2, -0.15) is 0 Å². The van der Waals surface area contributed by atoms with Crippen LogP contribution >= 0.6 is 22.9 Å². The molecule has 1 N–H and O–H groups in total. The molecule has 1 aromatic rings. The minimum atomic E-state index is -1.01. The highest BCUT2D eigenvalue weighted by molar-refractivity contribution is 7.18. The van der Waals surface area contributed by atoms with Gasteiger partial charge in [-0.15, -0.1) is 0 Å². The monoisotopic (exact) mass is 289 g/mol. The zero-order valence-electron chi connectivity index (χ0n) is 10.4. The van der Waals surface area contributed by atoms with Gasteiger partial charge in [-0.25, -0.2) is 9.78 Å². The molecule has 1 saturated heterocycles. The number of aromatic carboxylic acids is 1. The van der Waals surface area contributed by atoms with Gasteiger partial charge in [0.25, 0.3) is 0 Å². The molecule has 5 nitrogen and oxygen atoms in total. The lowest BCUT2D eigenvalue weighted by atomic mass is 10.0. The van der Waals surface area contributed by atoms with Crippen LogP contribution < -0.4 is 4.90 Å². The highest BCUT2D eigenvalue weighted by Crippen LogP contribution is 2.31. The molecule has 7 heteroatoms. The van der Waals surface area contributed by atoms with Crippen molar-refractivity contribution in [3.63, 3.8) is 0 Å². The van der Waals surface area contributed by atoms with E-state index in [1.807, 2.05) is 7.05 Å². The van der Waals surface area contributed by atoms with Crippen LogP contribution in [0.25, 0.3) is 0 Å². The Hall–Kier alpha value is -0.850. The predicted molar refractivity (Wildman–Crippen MR) is 73.0 cm³/mol. The van der Waals surface area contributed by atoms with E-state index in [9.17, 15) is 4.79 Å². The summed E-state index contributed by atoms with van der Waals surface area (Å²) in [6.45, 7) is 2.11. The molecule has 0 bridgehead atoms. The SMILES string of the molecule is CN1CCC(N(C)c2nc(Cl)c(C(=O)O)s2)CC1. The van der Waals surface area contributed by atoms with Crippen molar-refractivity contribution in [3.8, 4) is 0 Å². The Morgan fingerprint density at radius 3 is 2.67 bits per heavy atom. The van der Waals surface area contributed by atoms with E-state index in [2.05, 4.69) is 21.8 Å². The molecule has 1 aromatic heterocycles. The van der Waals surface area contributed by atoms with E-state index in [1.165, 1.54) is 0 Å². The summed E-state index contributed by atoms with van der Waals surface area (Å²) in [6.07, 6.45) is 2.12. The number of rotatable bonds is 3. The number of piperidine rings is 1. The summed E-state index contributed by atoms with van der Waals surface area (Å²) >= 11 is 6.97. The van der Waals surface area contributed by atoms with Crippen LogP contribution in [0.15, 0.2) is 0 Å². The number of carboxylic acid groups (broad SMARTS) is 1. The Morgan fingerprint density at radius 2 is 2.17 bits per heavy atom. The summed E-state index contributed by atoms with van der Waals surface area (Å²) in [5.41, 5.74) is 0. The minimum absolute atomic E-state index is 0.0854. The van der Waals surface area contributed by atoms with E-state index in [0.717, 1.165) is 37.3 Å². The van der Waals surface area contributed by atoms with Crippen LogP contribution in [0.1, 0.15) is 22.5 Å². The van der Waals surface area contributed by atoms with Crippen molar-refractivity contribution >= 4 is 34.0 Å². The largest absolute Gasteiger partial charge is 0.477 e. The summed E-state index contributed by atoms with van der Waals surface area (Å²) in [5, 5.41) is 9.74. The van der Waals surface area contributed by atoms with Crippen molar-refractivity contribution in [1.82, 2.24) is 9.88 Å². The number of hydrogen-bond donors (Lipinski definition) is 1. The molecule has 18 heavy (non-hydrogen) atoms. The Morgan fingerprint density at radius 1 is 1.56 bits per heavy atom. The lowest BCUT2D eigenvalue weighted by Gasteiger charge is -2.34. The number of hydrogen-bond acceptors (Lipinski definition) is 5. The molecule has 0 aliphatic carbocycles. The second-order valence-electron chi connectivity index (χ2n) is 4.57. The van der Waals surface area contributed by atoms with E-state index < -0.39 is 5.97 Å². The van der Waals surface area contributed by atoms with Crippen molar-refractivity contribution < 1.29 is 9.90 Å². The molecule has 0 aromatic carbocycles. The highest BCUT2D eigenvalue weighted by atomic mass is 35.5. The van der Waals surface area contributed by atoms with Gasteiger partial charge >= 0.3 is 5.97 Å². The number of likely N-dealkylation sites (tertiary alicyclic amines) is 1. The average Bonchev–Trinajstić information content (AvgIpc) is 2.71. The quantitative estimate of drug-likeness (QED) is 0.923. The van der Waals surface area contributed by atoms with Crippen molar-refractivity contribution in [2.45, 2.75) is 18.9 Å². The van der Waals surface area contributed by atoms with Crippen molar-refractivity contribution in [3.05, 3.63) is 10.0 Å². The molecule has 0 atom stereocenters. The van der Waals surface area contributed by atoms with Gasteiger partial charge < -0.3 is 14.9 Å². The zero-order valence-corrected chi connectivity index (χ0v) is 12.0. The van der Waals surface area contributed by atoms with Crippen LogP contribution in [0, 0.1) is 0 Å². The van der Waals surface area contributed by atoms with Gasteiger partial charge in [-0.1, -0.05) is 22.9 Å². The third-order valence-electron chi connectivity index (χ3n) is 3.31. The zero-order chi connectivity index (χ0) is 13.3. The number of carbonyl (C=O) groups is 1. The maximum atomic E-state index is 10.9. The first kappa shape index (κ1) is 13.6. The van der Waals surface area contributed by atoms with Gasteiger partial charge in [-0.05, 0) is 33.0 Å². The molecule has 0 saturated carbocycles. The van der Waals surface area contributed by atoms with Crippen LogP contribution in [0.3, 0.4) is 0 Å². The van der Waals surface area contributed by atoms with Crippen LogP contribution in [0.2, 0.25) is 5.15 Å². The Labute approximate surface area is 115 Å². The Bertz CT molecular complexity index is 443. The number of aromatic nitrogens is 1. The summed E-state index contributed by atoms with van der Waals surface area (Å²) in [4.78, 5) is 19.5. The van der Waals surface area contributed by atoms with Crippen molar-refractivity contribution in [2.24, 2.45) is 0 Å². The fourth-order valence-corrected chi connectivity index (χ4v) is 3.27. The van der Waals surface area contributed by atoms with Gasteiger partial charge in [0, 0.05) is 13.1 Å². The van der Waals surface area contributed by atoms with Crippen LogP contribution in [0.4, 0.5) is 5.13 Å². The third-order valence-corrected chi connectivity index (χ3v) is 4.83. The molecule has 2 rings (SSSR count). The summed E-state index contributed by atoms with van der Waals surface area (Å²) < 4.78 is 0. The molecule has 1 fully saturated rings. The fourth-order valence-electron chi connectivity index (χ4n) is 2.11. The first-order valence-corrected chi connectivity index (χ1v) is 6.99. The summed E-state index contributed by atoms with van der Waals surface area (Å²) in [5.74, 6) is -1.01. The fraction of sp³-hybridized carbons (Fsp3) is 0.636. The maximum absolute atomic E-state index is 10.9. The van der Waals surface area contributed by atoms with Crippen LogP contribution in [-0.2, 0) is 0 Å². The molecule has 0 spiro atoms. The molecular weight excluding hydrogens is 274 g/mol. The molecule has 0 unspecified atom stereocenters. The summed E-state index contributed by atoms with van der Waals surface area (Å²) in [7, 11) is 4.07. The average molecular weight is 290 g/mol. The number of halogens is 1. The number of nitrogens with zero attached hydrogens (tertiary/aromatic N) is 3. The van der Waals surface area contributed by atoms with Gasteiger partial charge in [0.2, 0.25) is 0 Å². The predicted octanol–water partition coefficient (Wildman–Crippen LogP) is 2.03. The maximum Gasteiger partial charge on any atom is 0.349 e. The lowest BCUT2D eigenvalue weighted by molar-refractivity contribution is 0.0702. The standard InChI is InChI=1S/C11H16ClN3O2S/c1-14-5-3-7(4-6-14)15(2)11-13-9(12)8(18-11)10(16)17/h7H,3-6H2,1-2H3,(H,16,17). The first-order valence-electron chi connectivity index (χ1n) is 5.80. The Balaban J connectivity index is 2.11. The lowest BCUT2D eigenvalue weighted by Crippen LogP contribution is -2.41. The molecule has 0 radical (unpaired) electrons. The second-order valence-corrected chi connectivity index (χ2v) is 5.90. The van der Waals surface area contributed by atoms with Crippen molar-refractivity contribution in [2.75, 3.05) is 32.1 Å². The van der Waals surface area contributed by atoms with E-state index >= 15 is 0 Å². The molecule has 1 aliphatic heterocycles. The number of anilines is 1.